The van der Waals surface area contributed by atoms with Gasteiger partial charge < -0.3 is 0 Å². The van der Waals surface area contributed by atoms with Crippen molar-refractivity contribution in [1.82, 2.24) is 4.31 Å². The fraction of sp³-hybridized carbons (Fsp3) is 0.857. The zero-order valence-electron chi connectivity index (χ0n) is 5.55. The minimum atomic E-state index is 0.868. The predicted molar refractivity (Wildman–Crippen MR) is 41.1 cm³/mol. The van der Waals surface area contributed by atoms with Crippen molar-refractivity contribution >= 4 is 11.9 Å². The molecule has 0 saturated carbocycles. The highest BCUT2D eigenvalue weighted by atomic mass is 32.2. The van der Waals surface area contributed by atoms with Gasteiger partial charge in [0.15, 0.2) is 0 Å². The molecule has 2 heterocycles. The molecule has 9 heavy (non-hydrogen) atoms. The van der Waals surface area contributed by atoms with Crippen molar-refractivity contribution in [2.24, 2.45) is 0 Å². The Morgan fingerprint density at radius 1 is 1.44 bits per heavy atom. The minimum absolute atomic E-state index is 0.868. The van der Waals surface area contributed by atoms with Crippen LogP contribution in [0.4, 0.5) is 0 Å². The molecule has 2 aliphatic rings. The molecule has 2 rings (SSSR count). The largest absolute Gasteiger partial charge is 0.250 e. The summed E-state index contributed by atoms with van der Waals surface area (Å²) in [7, 11) is 0. The Bertz CT molecular complexity index is 93.1. The van der Waals surface area contributed by atoms with Crippen LogP contribution in [-0.4, -0.2) is 22.6 Å². The van der Waals surface area contributed by atoms with Crippen LogP contribution in [0, 0.1) is 6.42 Å². The maximum Gasteiger partial charge on any atom is 0.0238 e. The molecule has 2 heteroatoms. The second-order valence-electron chi connectivity index (χ2n) is 2.74. The maximum atomic E-state index is 2.51. The molecule has 2 atom stereocenters. The van der Waals surface area contributed by atoms with E-state index in [-0.39, 0.29) is 0 Å². The molecular weight excluding hydrogens is 130 g/mol. The number of hydrogen-bond acceptors (Lipinski definition) is 2. The van der Waals surface area contributed by atoms with E-state index in [0.29, 0.717) is 0 Å². The van der Waals surface area contributed by atoms with Crippen molar-refractivity contribution in [3.8, 4) is 0 Å². The first-order chi connectivity index (χ1) is 4.45. The summed E-state index contributed by atoms with van der Waals surface area (Å²) in [6, 6.07) is 0. The maximum absolute atomic E-state index is 2.51. The van der Waals surface area contributed by atoms with E-state index >= 15 is 0 Å². The van der Waals surface area contributed by atoms with Crippen LogP contribution in [0.2, 0.25) is 0 Å². The minimum Gasteiger partial charge on any atom is -0.250 e. The smallest absolute Gasteiger partial charge is 0.0238 e. The lowest BCUT2D eigenvalue weighted by molar-refractivity contribution is 0.466. The van der Waals surface area contributed by atoms with Crippen LogP contribution in [0.3, 0.4) is 0 Å². The van der Waals surface area contributed by atoms with Gasteiger partial charge >= 0.3 is 0 Å². The monoisotopic (exact) mass is 142 g/mol. The van der Waals surface area contributed by atoms with Gasteiger partial charge in [-0.1, -0.05) is 11.9 Å². The molecule has 2 fully saturated rings. The summed E-state index contributed by atoms with van der Waals surface area (Å²) < 4.78 is 2.51. The van der Waals surface area contributed by atoms with E-state index in [0.717, 1.165) is 5.25 Å². The summed E-state index contributed by atoms with van der Waals surface area (Å²) in [6.45, 7) is 2.64. The Balaban J connectivity index is 1.99. The third-order valence-electron chi connectivity index (χ3n) is 1.99. The topological polar surface area (TPSA) is 3.24 Å². The Kier molecular flexibility index (Phi) is 1.68. The number of nitrogens with zero attached hydrogens (tertiary/aromatic N) is 1. The number of rotatable bonds is 0. The molecule has 51 valence electrons. The quantitative estimate of drug-likeness (QED) is 0.474. The van der Waals surface area contributed by atoms with E-state index in [1.165, 1.54) is 32.4 Å². The van der Waals surface area contributed by atoms with Gasteiger partial charge in [-0.25, -0.2) is 0 Å². The molecule has 2 bridgehead atoms. The zero-order chi connectivity index (χ0) is 6.10. The van der Waals surface area contributed by atoms with Crippen LogP contribution in [0.1, 0.15) is 19.3 Å². The molecule has 2 saturated heterocycles. The first kappa shape index (κ1) is 6.05. The lowest BCUT2D eigenvalue weighted by atomic mass is 10.1. The normalized spacial score (nSPS) is 42.7. The molecule has 0 aromatic carbocycles. The SMILES string of the molecule is [CH]1CCCN2CCC1S2. The van der Waals surface area contributed by atoms with Crippen LogP contribution in [-0.2, 0) is 0 Å². The molecular formula is C7H12NS. The van der Waals surface area contributed by atoms with Gasteiger partial charge in [-0.15, -0.1) is 0 Å². The second kappa shape index (κ2) is 2.51. The Labute approximate surface area is 60.9 Å². The molecule has 1 nitrogen and oxygen atoms in total. The van der Waals surface area contributed by atoms with E-state index < -0.39 is 0 Å². The molecule has 0 aromatic heterocycles. The van der Waals surface area contributed by atoms with Gasteiger partial charge in [0.2, 0.25) is 0 Å². The summed E-state index contributed by atoms with van der Waals surface area (Å²) in [5, 5.41) is 0.868. The van der Waals surface area contributed by atoms with Crippen molar-refractivity contribution in [2.75, 3.05) is 13.1 Å². The Morgan fingerprint density at radius 2 is 2.44 bits per heavy atom. The lowest BCUT2D eigenvalue weighted by Gasteiger charge is -2.09. The van der Waals surface area contributed by atoms with Crippen molar-refractivity contribution in [3.05, 3.63) is 6.42 Å². The molecule has 0 N–H and O–H groups in total. The van der Waals surface area contributed by atoms with Gasteiger partial charge in [-0.3, -0.25) is 4.31 Å². The average Bonchev–Trinajstić information content (AvgIpc) is 2.09. The van der Waals surface area contributed by atoms with Crippen LogP contribution in [0.15, 0.2) is 0 Å². The molecule has 2 unspecified atom stereocenters. The number of hydrogen-bond donors (Lipinski definition) is 0. The van der Waals surface area contributed by atoms with E-state index in [1.54, 1.807) is 0 Å². The summed E-state index contributed by atoms with van der Waals surface area (Å²) in [5.74, 6) is 0. The zero-order valence-corrected chi connectivity index (χ0v) is 6.36. The molecule has 0 aliphatic carbocycles. The first-order valence-corrected chi connectivity index (χ1v) is 4.54. The molecule has 2 aliphatic heterocycles. The summed E-state index contributed by atoms with van der Waals surface area (Å²) in [5.41, 5.74) is 0. The van der Waals surface area contributed by atoms with Crippen LogP contribution < -0.4 is 0 Å². The van der Waals surface area contributed by atoms with Crippen LogP contribution >= 0.6 is 11.9 Å². The standard InChI is InChI=1S/C7H12NS/c1-2-5-8-6-4-7(3-1)9-8/h3,7H,1-2,4-6H2. The van der Waals surface area contributed by atoms with Gasteiger partial charge in [0, 0.05) is 18.3 Å². The van der Waals surface area contributed by atoms with Gasteiger partial charge in [-0.2, -0.15) is 0 Å². The Hall–Kier alpha value is 0.310. The van der Waals surface area contributed by atoms with E-state index in [1.807, 2.05) is 0 Å². The van der Waals surface area contributed by atoms with Gasteiger partial charge in [-0.05, 0) is 25.7 Å². The molecule has 0 aromatic rings. The highest BCUT2D eigenvalue weighted by Crippen LogP contribution is 2.33. The summed E-state index contributed by atoms with van der Waals surface area (Å²) >= 11 is 2.05. The predicted octanol–water partition coefficient (Wildman–Crippen LogP) is 1.71. The molecule has 1 radical (unpaired) electrons. The van der Waals surface area contributed by atoms with Crippen LogP contribution in [0.5, 0.6) is 0 Å². The van der Waals surface area contributed by atoms with Crippen molar-refractivity contribution in [1.29, 1.82) is 0 Å². The van der Waals surface area contributed by atoms with E-state index in [9.17, 15) is 0 Å². The third kappa shape index (κ3) is 1.24. The highest BCUT2D eigenvalue weighted by molar-refractivity contribution is 7.98. The van der Waals surface area contributed by atoms with E-state index in [2.05, 4.69) is 22.7 Å². The summed E-state index contributed by atoms with van der Waals surface area (Å²) in [6.07, 6.45) is 6.60. The fourth-order valence-electron chi connectivity index (χ4n) is 1.46. The van der Waals surface area contributed by atoms with Crippen molar-refractivity contribution in [2.45, 2.75) is 24.5 Å². The van der Waals surface area contributed by atoms with Gasteiger partial charge in [0.1, 0.15) is 0 Å². The third-order valence-corrected chi connectivity index (χ3v) is 3.35. The first-order valence-electron chi connectivity index (χ1n) is 3.70. The van der Waals surface area contributed by atoms with Gasteiger partial charge in [0.05, 0.1) is 0 Å². The average molecular weight is 142 g/mol. The molecule has 0 amide bonds. The van der Waals surface area contributed by atoms with E-state index in [4.69, 9.17) is 0 Å². The molecule has 0 spiro atoms. The van der Waals surface area contributed by atoms with Crippen molar-refractivity contribution < 1.29 is 0 Å². The fourth-order valence-corrected chi connectivity index (χ4v) is 2.73. The van der Waals surface area contributed by atoms with Crippen molar-refractivity contribution in [3.63, 3.8) is 0 Å². The summed E-state index contributed by atoms with van der Waals surface area (Å²) in [4.78, 5) is 0. The highest BCUT2D eigenvalue weighted by Gasteiger charge is 2.25. The Morgan fingerprint density at radius 3 is 3.44 bits per heavy atom. The van der Waals surface area contributed by atoms with Crippen LogP contribution in [0.25, 0.3) is 0 Å². The lowest BCUT2D eigenvalue weighted by Crippen LogP contribution is -2.12. The second-order valence-corrected chi connectivity index (χ2v) is 4.07. The number of fused-ring (bicyclic) bond motifs is 2. The van der Waals surface area contributed by atoms with Gasteiger partial charge in [0.25, 0.3) is 0 Å².